The van der Waals surface area contributed by atoms with E-state index in [1.54, 1.807) is 6.08 Å². The van der Waals surface area contributed by atoms with Gasteiger partial charge < -0.3 is 4.74 Å². The van der Waals surface area contributed by atoms with Gasteiger partial charge in [0, 0.05) is 5.57 Å². The van der Waals surface area contributed by atoms with Gasteiger partial charge in [-0.3, -0.25) is 0 Å². The number of ether oxygens (including phenoxy) is 1. The Kier molecular flexibility index (Phi) is 3.09. The number of rotatable bonds is 5. The zero-order chi connectivity index (χ0) is 8.97. The summed E-state index contributed by atoms with van der Waals surface area (Å²) in [5.74, 6) is 1.37. The molecule has 0 spiro atoms. The van der Waals surface area contributed by atoms with Gasteiger partial charge in [-0.2, -0.15) is 0 Å². The Bertz CT molecular complexity index is 214. The molecule has 1 fully saturated rings. The predicted molar refractivity (Wildman–Crippen MR) is 51.1 cm³/mol. The maximum absolute atomic E-state index is 5.45. The summed E-state index contributed by atoms with van der Waals surface area (Å²) in [6, 6.07) is 0. The van der Waals surface area contributed by atoms with Crippen LogP contribution in [0.5, 0.6) is 0 Å². The van der Waals surface area contributed by atoms with Crippen LogP contribution in [0.3, 0.4) is 0 Å². The maximum atomic E-state index is 5.45. The fourth-order valence-electron chi connectivity index (χ4n) is 0.853. The lowest BCUT2D eigenvalue weighted by Gasteiger charge is -2.06. The Morgan fingerprint density at radius 1 is 1.67 bits per heavy atom. The van der Waals surface area contributed by atoms with Crippen LogP contribution in [-0.4, -0.2) is 13.3 Å². The molecule has 0 heterocycles. The zero-order valence-electron chi connectivity index (χ0n) is 7.55. The Morgan fingerprint density at radius 2 is 2.33 bits per heavy atom. The van der Waals surface area contributed by atoms with Gasteiger partial charge in [0.05, 0.1) is 6.61 Å². The third kappa shape index (κ3) is 2.53. The predicted octanol–water partition coefficient (Wildman–Crippen LogP) is 2.53. The highest BCUT2D eigenvalue weighted by Crippen LogP contribution is 2.29. The first-order chi connectivity index (χ1) is 5.77. The minimum atomic E-state index is 0.622. The summed E-state index contributed by atoms with van der Waals surface area (Å²) in [4.78, 5) is 3.79. The molecule has 0 atom stereocenters. The fraction of sp³-hybridized carbons (Fsp3) is 0.500. The quantitative estimate of drug-likeness (QED) is 0.348. The van der Waals surface area contributed by atoms with E-state index in [0.717, 1.165) is 18.1 Å². The van der Waals surface area contributed by atoms with E-state index in [4.69, 9.17) is 4.74 Å². The molecule has 1 saturated carbocycles. The van der Waals surface area contributed by atoms with Crippen LogP contribution in [0.1, 0.15) is 19.8 Å². The zero-order valence-corrected chi connectivity index (χ0v) is 7.55. The second-order valence-corrected chi connectivity index (χ2v) is 3.10. The highest BCUT2D eigenvalue weighted by Gasteiger charge is 2.22. The van der Waals surface area contributed by atoms with Crippen molar-refractivity contribution in [1.82, 2.24) is 0 Å². The van der Waals surface area contributed by atoms with Gasteiger partial charge in [-0.15, -0.1) is 0 Å². The molecule has 0 amide bonds. The van der Waals surface area contributed by atoms with E-state index in [1.807, 2.05) is 6.92 Å². The molecule has 1 aliphatic carbocycles. The topological polar surface area (TPSA) is 21.6 Å². The molecule has 2 nitrogen and oxygen atoms in total. The molecule has 1 rings (SSSR count). The highest BCUT2D eigenvalue weighted by molar-refractivity contribution is 5.30. The van der Waals surface area contributed by atoms with Crippen molar-refractivity contribution in [2.45, 2.75) is 19.8 Å². The Balaban J connectivity index is 2.42. The van der Waals surface area contributed by atoms with Crippen molar-refractivity contribution in [3.05, 3.63) is 24.1 Å². The van der Waals surface area contributed by atoms with Gasteiger partial charge in [0.1, 0.15) is 0 Å². The lowest BCUT2D eigenvalue weighted by Crippen LogP contribution is -1.96. The Morgan fingerprint density at radius 3 is 2.75 bits per heavy atom. The van der Waals surface area contributed by atoms with Gasteiger partial charge in [0.25, 0.3) is 0 Å². The van der Waals surface area contributed by atoms with Crippen LogP contribution >= 0.6 is 0 Å². The van der Waals surface area contributed by atoms with Gasteiger partial charge in [-0.1, -0.05) is 12.7 Å². The van der Waals surface area contributed by atoms with E-state index in [0.29, 0.717) is 5.88 Å². The first kappa shape index (κ1) is 9.04. The summed E-state index contributed by atoms with van der Waals surface area (Å²) < 4.78 is 5.45. The minimum Gasteiger partial charge on any atom is -0.477 e. The van der Waals surface area contributed by atoms with Crippen molar-refractivity contribution in [3.63, 3.8) is 0 Å². The summed E-state index contributed by atoms with van der Waals surface area (Å²) in [6.07, 6.45) is 4.31. The largest absolute Gasteiger partial charge is 0.477 e. The van der Waals surface area contributed by atoms with Gasteiger partial charge in [-0.05, 0) is 32.4 Å². The minimum absolute atomic E-state index is 0.622. The maximum Gasteiger partial charge on any atom is 0.215 e. The van der Waals surface area contributed by atoms with Crippen LogP contribution in [0.2, 0.25) is 0 Å². The van der Waals surface area contributed by atoms with E-state index >= 15 is 0 Å². The first-order valence-corrected chi connectivity index (χ1v) is 4.20. The second-order valence-electron chi connectivity index (χ2n) is 3.10. The molecule has 0 radical (unpaired) electrons. The summed E-state index contributed by atoms with van der Waals surface area (Å²) in [5, 5.41) is 0. The molecule has 0 aromatic carbocycles. The molecule has 0 N–H and O–H groups in total. The third-order valence-corrected chi connectivity index (χ3v) is 1.94. The van der Waals surface area contributed by atoms with Crippen LogP contribution < -0.4 is 0 Å². The molecule has 12 heavy (non-hydrogen) atoms. The third-order valence-electron chi connectivity index (χ3n) is 1.94. The van der Waals surface area contributed by atoms with Gasteiger partial charge in [0.2, 0.25) is 5.88 Å². The van der Waals surface area contributed by atoms with Crippen molar-refractivity contribution in [1.29, 1.82) is 0 Å². The van der Waals surface area contributed by atoms with Crippen LogP contribution in [0.4, 0.5) is 0 Å². The molecule has 2 heteroatoms. The molecule has 0 unspecified atom stereocenters. The molecule has 0 aromatic heterocycles. The highest BCUT2D eigenvalue weighted by atomic mass is 16.5. The molecule has 0 aromatic rings. The molecule has 1 aliphatic rings. The smallest absolute Gasteiger partial charge is 0.215 e. The number of hydrogen-bond acceptors (Lipinski definition) is 2. The molecule has 0 bridgehead atoms. The van der Waals surface area contributed by atoms with E-state index in [-0.39, 0.29) is 0 Å². The molecular formula is C10H15NO. The van der Waals surface area contributed by atoms with Gasteiger partial charge in [0.15, 0.2) is 0 Å². The molecule has 66 valence electrons. The van der Waals surface area contributed by atoms with Crippen molar-refractivity contribution in [2.24, 2.45) is 10.9 Å². The summed E-state index contributed by atoms with van der Waals surface area (Å²) in [6.45, 7) is 9.79. The van der Waals surface area contributed by atoms with Crippen molar-refractivity contribution in [3.8, 4) is 0 Å². The molecule has 0 saturated heterocycles. The van der Waals surface area contributed by atoms with E-state index in [9.17, 15) is 0 Å². The molecular weight excluding hydrogens is 150 g/mol. The lowest BCUT2D eigenvalue weighted by molar-refractivity contribution is 0.195. The van der Waals surface area contributed by atoms with Gasteiger partial charge in [-0.25, -0.2) is 4.99 Å². The molecule has 0 aliphatic heterocycles. The van der Waals surface area contributed by atoms with Crippen molar-refractivity contribution >= 4 is 6.72 Å². The Labute approximate surface area is 73.6 Å². The van der Waals surface area contributed by atoms with Crippen LogP contribution in [0.15, 0.2) is 29.1 Å². The van der Waals surface area contributed by atoms with E-state index in [1.165, 1.54) is 12.8 Å². The van der Waals surface area contributed by atoms with E-state index < -0.39 is 0 Å². The first-order valence-electron chi connectivity index (χ1n) is 4.20. The van der Waals surface area contributed by atoms with Crippen LogP contribution in [-0.2, 0) is 4.74 Å². The number of allylic oxidation sites excluding steroid dienone is 2. The van der Waals surface area contributed by atoms with Crippen molar-refractivity contribution in [2.75, 3.05) is 6.61 Å². The summed E-state index contributed by atoms with van der Waals surface area (Å²) >= 11 is 0. The van der Waals surface area contributed by atoms with Crippen LogP contribution in [0.25, 0.3) is 0 Å². The number of nitrogens with zero attached hydrogens (tertiary/aromatic N) is 1. The SMILES string of the molecule is C=C/C(C)=C(\N=C)OCC1CC1. The normalized spacial score (nSPS) is 18.1. The number of aliphatic imine (C=N–C) groups is 1. The van der Waals surface area contributed by atoms with Gasteiger partial charge >= 0.3 is 0 Å². The summed E-state index contributed by atoms with van der Waals surface area (Å²) in [5.41, 5.74) is 0.950. The lowest BCUT2D eigenvalue weighted by atomic mass is 10.3. The van der Waals surface area contributed by atoms with Crippen molar-refractivity contribution < 1.29 is 4.74 Å². The Hall–Kier alpha value is -1.05. The fourth-order valence-corrected chi connectivity index (χ4v) is 0.853. The average Bonchev–Trinajstić information content (AvgIpc) is 2.88. The van der Waals surface area contributed by atoms with Crippen LogP contribution in [0, 0.1) is 5.92 Å². The summed E-state index contributed by atoms with van der Waals surface area (Å²) in [7, 11) is 0. The standard InChI is InChI=1S/C10H15NO/c1-4-8(2)10(11-3)12-7-9-5-6-9/h4,9H,1,3,5-7H2,2H3/b10-8+. The number of hydrogen-bond donors (Lipinski definition) is 0. The monoisotopic (exact) mass is 165 g/mol. The average molecular weight is 165 g/mol. The van der Waals surface area contributed by atoms with E-state index in [2.05, 4.69) is 18.3 Å². The second kappa shape index (κ2) is 4.10.